The van der Waals surface area contributed by atoms with Crippen molar-refractivity contribution in [3.05, 3.63) is 89.5 Å². The van der Waals surface area contributed by atoms with Crippen LogP contribution in [-0.2, 0) is 21.4 Å². The van der Waals surface area contributed by atoms with Gasteiger partial charge in [-0.2, -0.15) is 0 Å². The van der Waals surface area contributed by atoms with Crippen molar-refractivity contribution in [2.75, 3.05) is 11.9 Å². The van der Waals surface area contributed by atoms with Crippen LogP contribution < -0.4 is 5.32 Å². The molecule has 2 aromatic carbocycles. The fourth-order valence-corrected chi connectivity index (χ4v) is 3.66. The first kappa shape index (κ1) is 25.6. The van der Waals surface area contributed by atoms with Crippen molar-refractivity contribution in [3.8, 4) is 22.6 Å². The summed E-state index contributed by atoms with van der Waals surface area (Å²) in [4.78, 5) is 28.3. The van der Waals surface area contributed by atoms with Crippen LogP contribution in [0.4, 0.5) is 14.9 Å². The number of carboxylic acids is 1. The molecule has 0 bridgehead atoms. The number of carboxylic acid groups (broad SMARTS) is 1. The van der Waals surface area contributed by atoms with Crippen molar-refractivity contribution < 1.29 is 28.3 Å². The van der Waals surface area contributed by atoms with Gasteiger partial charge in [-0.3, -0.25) is 15.1 Å². The minimum atomic E-state index is -1.04. The molecule has 0 aliphatic heterocycles. The van der Waals surface area contributed by atoms with Crippen LogP contribution in [0.15, 0.2) is 71.4 Å². The number of carbonyl (C=O) groups is 2. The van der Waals surface area contributed by atoms with Crippen molar-refractivity contribution in [1.29, 1.82) is 0 Å². The average Bonchev–Trinajstić information content (AvgIpc) is 3.25. The summed E-state index contributed by atoms with van der Waals surface area (Å²) < 4.78 is 24.4. The number of hydrogen-bond acceptors (Lipinski definition) is 6. The number of rotatable bonds is 8. The normalized spacial score (nSPS) is 11.2. The van der Waals surface area contributed by atoms with E-state index in [4.69, 9.17) is 9.26 Å². The van der Waals surface area contributed by atoms with Crippen molar-refractivity contribution in [3.63, 3.8) is 0 Å². The minimum absolute atomic E-state index is 0.0105. The van der Waals surface area contributed by atoms with Crippen molar-refractivity contribution >= 4 is 17.7 Å². The van der Waals surface area contributed by atoms with Crippen LogP contribution >= 0.6 is 0 Å². The second kappa shape index (κ2) is 10.6. The molecule has 190 valence electrons. The summed E-state index contributed by atoms with van der Waals surface area (Å²) in [6, 6.07) is 17.2. The van der Waals surface area contributed by atoms with Gasteiger partial charge in [-0.15, -0.1) is 0 Å². The summed E-state index contributed by atoms with van der Waals surface area (Å²) in [6.45, 7) is 4.96. The maximum Gasteiger partial charge on any atom is 0.411 e. The van der Waals surface area contributed by atoms with Gasteiger partial charge in [0.15, 0.2) is 5.76 Å². The van der Waals surface area contributed by atoms with E-state index < -0.39 is 17.5 Å². The summed E-state index contributed by atoms with van der Waals surface area (Å²) in [5, 5.41) is 16.0. The summed E-state index contributed by atoms with van der Waals surface area (Å²) in [5.41, 5.74) is 3.06. The second-order valence-electron chi connectivity index (χ2n) is 9.01. The molecule has 0 aliphatic rings. The molecule has 37 heavy (non-hydrogen) atoms. The number of nitrogens with zero attached hydrogens (tertiary/aromatic N) is 2. The topological polar surface area (TPSA) is 115 Å². The predicted molar refractivity (Wildman–Crippen MR) is 136 cm³/mol. The zero-order valence-corrected chi connectivity index (χ0v) is 20.6. The number of ether oxygens (including phenoxy) is 1. The largest absolute Gasteiger partial charge is 0.481 e. The van der Waals surface area contributed by atoms with Gasteiger partial charge in [-0.1, -0.05) is 53.7 Å². The van der Waals surface area contributed by atoms with Gasteiger partial charge >= 0.3 is 12.1 Å². The fourth-order valence-electron chi connectivity index (χ4n) is 3.66. The van der Waals surface area contributed by atoms with Gasteiger partial charge in [-0.05, 0) is 44.0 Å². The van der Waals surface area contributed by atoms with E-state index in [0.717, 1.165) is 5.56 Å². The van der Waals surface area contributed by atoms with E-state index >= 15 is 0 Å². The van der Waals surface area contributed by atoms with Gasteiger partial charge in [-0.25, -0.2) is 9.18 Å². The molecule has 0 saturated heterocycles. The molecule has 1 amide bonds. The Bertz CT molecular complexity index is 1410. The number of aryl methyl sites for hydroxylation is 1. The zero-order chi connectivity index (χ0) is 26.6. The highest BCUT2D eigenvalue weighted by Crippen LogP contribution is 2.33. The van der Waals surface area contributed by atoms with Crippen LogP contribution in [0.1, 0.15) is 30.7 Å². The summed E-state index contributed by atoms with van der Waals surface area (Å²) >= 11 is 0. The molecule has 8 nitrogen and oxygen atoms in total. The Morgan fingerprint density at radius 2 is 1.76 bits per heavy atom. The molecular weight excluding hydrogens is 477 g/mol. The van der Waals surface area contributed by atoms with Gasteiger partial charge in [0.2, 0.25) is 0 Å². The Morgan fingerprint density at radius 3 is 2.41 bits per heavy atom. The van der Waals surface area contributed by atoms with Crippen LogP contribution in [0.2, 0.25) is 0 Å². The number of amides is 1. The molecule has 2 aromatic heterocycles. The lowest BCUT2D eigenvalue weighted by atomic mass is 9.86. The van der Waals surface area contributed by atoms with E-state index in [0.29, 0.717) is 39.5 Å². The Kier molecular flexibility index (Phi) is 7.33. The quantitative estimate of drug-likeness (QED) is 0.303. The highest BCUT2D eigenvalue weighted by molar-refractivity contribution is 5.91. The number of aromatic nitrogens is 2. The van der Waals surface area contributed by atoms with E-state index in [-0.39, 0.29) is 18.8 Å². The van der Waals surface area contributed by atoms with Crippen LogP contribution in [-0.4, -0.2) is 33.9 Å². The van der Waals surface area contributed by atoms with E-state index in [1.807, 2.05) is 12.1 Å². The number of benzene rings is 2. The van der Waals surface area contributed by atoms with Gasteiger partial charge < -0.3 is 14.4 Å². The third kappa shape index (κ3) is 5.66. The van der Waals surface area contributed by atoms with Crippen molar-refractivity contribution in [2.45, 2.75) is 32.6 Å². The Morgan fingerprint density at radius 1 is 1.05 bits per heavy atom. The molecule has 0 radical (unpaired) electrons. The molecule has 0 atom stereocenters. The Hall–Kier alpha value is -4.53. The first-order valence-corrected chi connectivity index (χ1v) is 11.6. The third-order valence-corrected chi connectivity index (χ3v) is 6.11. The minimum Gasteiger partial charge on any atom is -0.481 e. The summed E-state index contributed by atoms with van der Waals surface area (Å²) in [7, 11) is 0. The highest BCUT2D eigenvalue weighted by Gasteiger charge is 2.29. The van der Waals surface area contributed by atoms with Crippen LogP contribution in [0, 0.1) is 12.7 Å². The van der Waals surface area contributed by atoms with E-state index in [9.17, 15) is 19.1 Å². The van der Waals surface area contributed by atoms with E-state index in [1.54, 1.807) is 69.4 Å². The summed E-state index contributed by atoms with van der Waals surface area (Å²) in [5.74, 6) is -0.906. The zero-order valence-electron chi connectivity index (χ0n) is 20.6. The molecule has 4 aromatic rings. The maximum absolute atomic E-state index is 13.7. The number of nitrogens with one attached hydrogen (secondary N) is 1. The fraction of sp³-hybridized carbons (Fsp3) is 0.214. The van der Waals surface area contributed by atoms with Crippen LogP contribution in [0.25, 0.3) is 22.6 Å². The lowest BCUT2D eigenvalue weighted by molar-refractivity contribution is -0.142. The highest BCUT2D eigenvalue weighted by atomic mass is 19.1. The van der Waals surface area contributed by atoms with Crippen LogP contribution in [0.3, 0.4) is 0 Å². The average molecular weight is 504 g/mol. The first-order chi connectivity index (χ1) is 17.7. The molecule has 2 heterocycles. The number of anilines is 1. The molecule has 0 aliphatic carbocycles. The van der Waals surface area contributed by atoms with E-state index in [2.05, 4.69) is 15.5 Å². The number of halogens is 1. The molecule has 4 rings (SSSR count). The molecule has 0 spiro atoms. The molecular formula is C28H26FN3O5. The molecule has 2 N–H and O–H groups in total. The van der Waals surface area contributed by atoms with Gasteiger partial charge in [0, 0.05) is 23.7 Å². The van der Waals surface area contributed by atoms with Gasteiger partial charge in [0.25, 0.3) is 0 Å². The van der Waals surface area contributed by atoms with Gasteiger partial charge in [0.05, 0.1) is 17.7 Å². The number of pyridine rings is 1. The SMILES string of the molecule is Cc1noc(-c2ccc(-c3ccc(C(C)(C)C(=O)O)cn3)cc2)c1NC(=O)OCCc1ccccc1F. The lowest BCUT2D eigenvalue weighted by Crippen LogP contribution is -2.28. The van der Waals surface area contributed by atoms with Crippen molar-refractivity contribution in [1.82, 2.24) is 10.1 Å². The van der Waals surface area contributed by atoms with Crippen molar-refractivity contribution in [2.24, 2.45) is 0 Å². The Labute approximate surface area is 213 Å². The second-order valence-corrected chi connectivity index (χ2v) is 9.01. The molecule has 0 saturated carbocycles. The number of aliphatic carboxylic acids is 1. The monoisotopic (exact) mass is 503 g/mol. The Balaban J connectivity index is 1.43. The maximum atomic E-state index is 13.7. The first-order valence-electron chi connectivity index (χ1n) is 11.6. The smallest absolute Gasteiger partial charge is 0.411 e. The molecule has 0 unspecified atom stereocenters. The summed E-state index contributed by atoms with van der Waals surface area (Å²) in [6.07, 6.45) is 1.12. The molecule has 9 heteroatoms. The van der Waals surface area contributed by atoms with Gasteiger partial charge in [0.1, 0.15) is 17.2 Å². The predicted octanol–water partition coefficient (Wildman–Crippen LogP) is 6.00. The molecule has 0 fully saturated rings. The van der Waals surface area contributed by atoms with E-state index in [1.165, 1.54) is 6.07 Å². The third-order valence-electron chi connectivity index (χ3n) is 6.11. The standard InChI is InChI=1S/C28H26FN3O5/c1-17-24(31-27(35)36-15-14-18-6-4-5-7-22(18)29)25(37-32-17)20-10-8-19(9-11-20)23-13-12-21(16-30-23)28(2,3)26(33)34/h4-13,16H,14-15H2,1-3H3,(H,31,35)(H,33,34). The lowest BCUT2D eigenvalue weighted by Gasteiger charge is -2.19. The number of hydrogen-bond donors (Lipinski definition) is 2. The van der Waals surface area contributed by atoms with Crippen LogP contribution in [0.5, 0.6) is 0 Å². The number of carbonyl (C=O) groups excluding carboxylic acids is 1.